The molecule has 0 heterocycles. The minimum atomic E-state index is -3.98. The number of rotatable bonds is 13. The van der Waals surface area contributed by atoms with Crippen molar-refractivity contribution in [1.82, 2.24) is 4.72 Å². The summed E-state index contributed by atoms with van der Waals surface area (Å²) in [6.45, 7) is 2.17. The van der Waals surface area contributed by atoms with Gasteiger partial charge in [-0.1, -0.05) is 76.1 Å². The molecule has 0 aliphatic carbocycles. The Kier molecular flexibility index (Phi) is 9.11. The van der Waals surface area contributed by atoms with Crippen molar-refractivity contribution in [3.05, 3.63) is 36.4 Å². The van der Waals surface area contributed by atoms with Gasteiger partial charge in [0.25, 0.3) is 0 Å². The molecule has 2 aromatic carbocycles. The van der Waals surface area contributed by atoms with Crippen LogP contribution in [-0.4, -0.2) is 39.6 Å². The predicted octanol–water partition coefficient (Wildman–Crippen LogP) is 4.78. The van der Waals surface area contributed by atoms with Crippen molar-refractivity contribution in [3.63, 3.8) is 0 Å². The lowest BCUT2D eigenvalue weighted by molar-refractivity contribution is -0.139. The molecule has 30 heavy (non-hydrogen) atoms. The zero-order valence-corrected chi connectivity index (χ0v) is 19.0. The van der Waals surface area contributed by atoms with Crippen molar-refractivity contribution in [3.8, 4) is 0 Å². The standard InChI is InChI=1S/C23H34N2O4S/c1-4-5-6-7-8-9-10-15-20(23(26)27)24-30(28,29)22-17-12-13-18-19(22)14-11-16-21(18)25(2)3/h11-14,16-17,20,24H,4-10,15H2,1-3H3,(H,26,27). The normalized spacial score (nSPS) is 12.8. The number of nitrogens with zero attached hydrogens (tertiary/aromatic N) is 1. The molecule has 0 radical (unpaired) electrons. The maximum absolute atomic E-state index is 13.1. The van der Waals surface area contributed by atoms with Crippen molar-refractivity contribution < 1.29 is 18.3 Å². The Morgan fingerprint density at radius 3 is 2.20 bits per heavy atom. The van der Waals surface area contributed by atoms with Crippen LogP contribution in [0, 0.1) is 0 Å². The average Bonchev–Trinajstić information content (AvgIpc) is 2.70. The molecule has 0 aliphatic heterocycles. The fraction of sp³-hybridized carbons (Fsp3) is 0.522. The van der Waals surface area contributed by atoms with Gasteiger partial charge >= 0.3 is 5.97 Å². The van der Waals surface area contributed by atoms with E-state index in [1.807, 2.05) is 37.2 Å². The Hall–Kier alpha value is -2.12. The minimum absolute atomic E-state index is 0.106. The van der Waals surface area contributed by atoms with Crippen LogP contribution in [0.5, 0.6) is 0 Å². The van der Waals surface area contributed by atoms with Gasteiger partial charge in [0, 0.05) is 30.6 Å². The van der Waals surface area contributed by atoms with E-state index >= 15 is 0 Å². The molecule has 0 fully saturated rings. The Morgan fingerprint density at radius 1 is 0.967 bits per heavy atom. The van der Waals surface area contributed by atoms with Crippen molar-refractivity contribution in [1.29, 1.82) is 0 Å². The zero-order valence-electron chi connectivity index (χ0n) is 18.2. The highest BCUT2D eigenvalue weighted by Gasteiger charge is 2.26. The molecule has 6 nitrogen and oxygen atoms in total. The van der Waals surface area contributed by atoms with E-state index in [4.69, 9.17) is 0 Å². The van der Waals surface area contributed by atoms with Gasteiger partial charge in [0.05, 0.1) is 4.90 Å². The van der Waals surface area contributed by atoms with Crippen LogP contribution < -0.4 is 9.62 Å². The number of sulfonamides is 1. The van der Waals surface area contributed by atoms with E-state index in [9.17, 15) is 18.3 Å². The summed E-state index contributed by atoms with van der Waals surface area (Å²) in [6, 6.07) is 9.45. The van der Waals surface area contributed by atoms with E-state index < -0.39 is 22.0 Å². The summed E-state index contributed by atoms with van der Waals surface area (Å²) >= 11 is 0. The number of benzene rings is 2. The van der Waals surface area contributed by atoms with Gasteiger partial charge in [-0.15, -0.1) is 0 Å². The van der Waals surface area contributed by atoms with Crippen LogP contribution >= 0.6 is 0 Å². The molecule has 2 rings (SSSR count). The quantitative estimate of drug-likeness (QED) is 0.443. The molecule has 0 saturated heterocycles. The number of hydrogen-bond acceptors (Lipinski definition) is 4. The molecule has 1 atom stereocenters. The van der Waals surface area contributed by atoms with Gasteiger partial charge in [-0.3, -0.25) is 4.79 Å². The monoisotopic (exact) mass is 434 g/mol. The second kappa shape index (κ2) is 11.3. The first kappa shape index (κ1) is 24.2. The molecule has 0 amide bonds. The largest absolute Gasteiger partial charge is 0.480 e. The minimum Gasteiger partial charge on any atom is -0.480 e. The first-order valence-corrected chi connectivity index (χ1v) is 12.2. The first-order chi connectivity index (χ1) is 14.3. The summed E-state index contributed by atoms with van der Waals surface area (Å²) in [6.07, 6.45) is 7.68. The van der Waals surface area contributed by atoms with E-state index in [1.54, 1.807) is 12.1 Å². The van der Waals surface area contributed by atoms with Crippen LogP contribution in [0.3, 0.4) is 0 Å². The molecule has 0 spiro atoms. The number of anilines is 1. The first-order valence-electron chi connectivity index (χ1n) is 10.7. The predicted molar refractivity (Wildman–Crippen MR) is 123 cm³/mol. The molecule has 7 heteroatoms. The van der Waals surface area contributed by atoms with Crippen LogP contribution in [-0.2, 0) is 14.8 Å². The molecule has 0 aliphatic rings. The van der Waals surface area contributed by atoms with Crippen molar-refractivity contribution >= 4 is 32.5 Å². The van der Waals surface area contributed by atoms with Gasteiger partial charge in [-0.25, -0.2) is 8.42 Å². The number of carboxylic acid groups (broad SMARTS) is 1. The number of fused-ring (bicyclic) bond motifs is 1. The van der Waals surface area contributed by atoms with E-state index in [0.717, 1.165) is 30.3 Å². The van der Waals surface area contributed by atoms with Crippen LogP contribution in [0.15, 0.2) is 41.3 Å². The third kappa shape index (κ3) is 6.44. The molecule has 1 unspecified atom stereocenters. The highest BCUT2D eigenvalue weighted by atomic mass is 32.2. The van der Waals surface area contributed by atoms with Gasteiger partial charge in [0.15, 0.2) is 0 Å². The SMILES string of the molecule is CCCCCCCCCC(NS(=O)(=O)c1cccc2c(N(C)C)cccc12)C(=O)O. The van der Waals surface area contributed by atoms with Crippen LogP contribution in [0.4, 0.5) is 5.69 Å². The van der Waals surface area contributed by atoms with E-state index in [1.165, 1.54) is 25.3 Å². The van der Waals surface area contributed by atoms with Crippen LogP contribution in [0.1, 0.15) is 58.3 Å². The lowest BCUT2D eigenvalue weighted by atomic mass is 10.1. The summed E-state index contributed by atoms with van der Waals surface area (Å²) in [4.78, 5) is 13.7. The fourth-order valence-electron chi connectivity index (χ4n) is 3.68. The third-order valence-corrected chi connectivity index (χ3v) is 6.85. The maximum atomic E-state index is 13.1. The molecule has 166 valence electrons. The second-order valence-corrected chi connectivity index (χ2v) is 9.63. The van der Waals surface area contributed by atoms with Crippen molar-refractivity contribution in [2.75, 3.05) is 19.0 Å². The smallest absolute Gasteiger partial charge is 0.321 e. The van der Waals surface area contributed by atoms with E-state index in [2.05, 4.69) is 11.6 Å². The van der Waals surface area contributed by atoms with Crippen molar-refractivity contribution in [2.24, 2.45) is 0 Å². The summed E-state index contributed by atoms with van der Waals surface area (Å²) < 4.78 is 28.5. The Labute approximate surface area is 180 Å². The zero-order chi connectivity index (χ0) is 22.1. The molecule has 0 aromatic heterocycles. The summed E-state index contributed by atoms with van der Waals surface area (Å²) in [7, 11) is -0.178. The summed E-state index contributed by atoms with van der Waals surface area (Å²) in [5, 5.41) is 10.9. The molecule has 0 bridgehead atoms. The Morgan fingerprint density at radius 2 is 1.57 bits per heavy atom. The number of nitrogens with one attached hydrogen (secondary N) is 1. The van der Waals surface area contributed by atoms with Gasteiger partial charge < -0.3 is 10.0 Å². The van der Waals surface area contributed by atoms with Gasteiger partial charge in [0.1, 0.15) is 6.04 Å². The lowest BCUT2D eigenvalue weighted by Crippen LogP contribution is -2.40. The van der Waals surface area contributed by atoms with Gasteiger partial charge in [-0.2, -0.15) is 4.72 Å². The number of aliphatic carboxylic acids is 1. The second-order valence-electron chi connectivity index (χ2n) is 7.94. The number of hydrogen-bond donors (Lipinski definition) is 2. The highest BCUT2D eigenvalue weighted by Crippen LogP contribution is 2.30. The summed E-state index contributed by atoms with van der Waals surface area (Å²) in [5.74, 6) is -1.14. The van der Waals surface area contributed by atoms with E-state index in [0.29, 0.717) is 11.8 Å². The third-order valence-electron chi connectivity index (χ3n) is 5.32. The number of carboxylic acids is 1. The topological polar surface area (TPSA) is 86.7 Å². The number of carbonyl (C=O) groups is 1. The number of unbranched alkanes of at least 4 members (excludes halogenated alkanes) is 6. The molecular weight excluding hydrogens is 400 g/mol. The Bertz CT molecular complexity index is 941. The van der Waals surface area contributed by atoms with Gasteiger partial charge in [0.2, 0.25) is 10.0 Å². The summed E-state index contributed by atoms with van der Waals surface area (Å²) in [5.41, 5.74) is 0.905. The van der Waals surface area contributed by atoms with Crippen LogP contribution in [0.25, 0.3) is 10.8 Å². The fourth-order valence-corrected chi connectivity index (χ4v) is 5.12. The molecule has 2 aromatic rings. The van der Waals surface area contributed by atoms with Crippen LogP contribution in [0.2, 0.25) is 0 Å². The average molecular weight is 435 g/mol. The van der Waals surface area contributed by atoms with Gasteiger partial charge in [-0.05, 0) is 18.6 Å². The maximum Gasteiger partial charge on any atom is 0.321 e. The highest BCUT2D eigenvalue weighted by molar-refractivity contribution is 7.89. The molecule has 0 saturated carbocycles. The lowest BCUT2D eigenvalue weighted by Gasteiger charge is -2.18. The molecule has 2 N–H and O–H groups in total. The Balaban J connectivity index is 2.13. The van der Waals surface area contributed by atoms with E-state index in [-0.39, 0.29) is 11.3 Å². The van der Waals surface area contributed by atoms with Crippen molar-refractivity contribution in [2.45, 2.75) is 69.2 Å². The molecular formula is C23H34N2O4S.